The normalized spacial score (nSPS) is 14.9. The van der Waals surface area contributed by atoms with Crippen LogP contribution in [0.3, 0.4) is 0 Å². The van der Waals surface area contributed by atoms with Crippen LogP contribution >= 0.6 is 0 Å². The molecule has 2 aliphatic rings. The minimum absolute atomic E-state index is 0.439. The van der Waals surface area contributed by atoms with Crippen LogP contribution in [0.1, 0.15) is 22.3 Å². The van der Waals surface area contributed by atoms with Crippen molar-refractivity contribution in [3.05, 3.63) is 222 Å². The van der Waals surface area contributed by atoms with E-state index in [2.05, 4.69) is 200 Å². The molecular formula is C52H33N. The van der Waals surface area contributed by atoms with Crippen molar-refractivity contribution in [3.8, 4) is 67.0 Å². The van der Waals surface area contributed by atoms with E-state index in [1.165, 1.54) is 72.0 Å². The zero-order valence-corrected chi connectivity index (χ0v) is 29.0. The van der Waals surface area contributed by atoms with E-state index in [1.54, 1.807) is 0 Å². The van der Waals surface area contributed by atoms with Crippen LogP contribution in [0.2, 0.25) is 0 Å². The van der Waals surface area contributed by atoms with Crippen molar-refractivity contribution in [3.63, 3.8) is 0 Å². The maximum atomic E-state index is 5.50. The number of nitrogens with zero attached hydrogens (tertiary/aromatic N) is 1. The molecule has 1 atom stereocenters. The van der Waals surface area contributed by atoms with Gasteiger partial charge in [-0.05, 0) is 89.7 Å². The number of benzene rings is 8. The average molecular weight is 672 g/mol. The van der Waals surface area contributed by atoms with Gasteiger partial charge in [-0.2, -0.15) is 0 Å². The van der Waals surface area contributed by atoms with Crippen LogP contribution in [-0.4, -0.2) is 4.98 Å². The average Bonchev–Trinajstić information content (AvgIpc) is 3.72. The van der Waals surface area contributed by atoms with Crippen LogP contribution in [-0.2, 0) is 5.41 Å². The van der Waals surface area contributed by atoms with Crippen LogP contribution < -0.4 is 0 Å². The van der Waals surface area contributed by atoms with E-state index in [-0.39, 0.29) is 0 Å². The zero-order valence-electron chi connectivity index (χ0n) is 29.0. The van der Waals surface area contributed by atoms with Crippen LogP contribution in [0.15, 0.2) is 200 Å². The molecule has 2 aliphatic carbocycles. The molecule has 0 aliphatic heterocycles. The predicted molar refractivity (Wildman–Crippen MR) is 220 cm³/mol. The van der Waals surface area contributed by atoms with Gasteiger partial charge >= 0.3 is 0 Å². The summed E-state index contributed by atoms with van der Waals surface area (Å²) in [5, 5.41) is 2.57. The Hall–Kier alpha value is -6.83. The van der Waals surface area contributed by atoms with E-state index >= 15 is 0 Å². The topological polar surface area (TPSA) is 12.9 Å². The Morgan fingerprint density at radius 2 is 0.811 bits per heavy atom. The fourth-order valence-corrected chi connectivity index (χ4v) is 9.25. The van der Waals surface area contributed by atoms with E-state index < -0.39 is 5.41 Å². The molecule has 1 heteroatoms. The molecule has 8 aromatic carbocycles. The molecule has 0 bridgehead atoms. The fourth-order valence-electron chi connectivity index (χ4n) is 9.25. The van der Waals surface area contributed by atoms with E-state index in [0.717, 1.165) is 28.1 Å². The Morgan fingerprint density at radius 1 is 0.302 bits per heavy atom. The van der Waals surface area contributed by atoms with Crippen molar-refractivity contribution < 1.29 is 0 Å². The number of pyridine rings is 1. The molecule has 0 fully saturated rings. The molecule has 9 aromatic rings. The molecule has 1 spiro atoms. The number of fused-ring (bicyclic) bond motifs is 12. The minimum atomic E-state index is -0.439. The Bertz CT molecular complexity index is 2870. The summed E-state index contributed by atoms with van der Waals surface area (Å²) in [4.78, 5) is 5.50. The second-order valence-electron chi connectivity index (χ2n) is 14.2. The highest BCUT2D eigenvalue weighted by atomic mass is 14.7. The number of hydrogen-bond donors (Lipinski definition) is 0. The van der Waals surface area contributed by atoms with Gasteiger partial charge in [0.25, 0.3) is 0 Å². The number of hydrogen-bond acceptors (Lipinski definition) is 1. The molecule has 1 heterocycles. The highest BCUT2D eigenvalue weighted by molar-refractivity contribution is 6.07. The molecule has 0 saturated heterocycles. The lowest BCUT2D eigenvalue weighted by atomic mass is 9.70. The molecule has 246 valence electrons. The molecule has 53 heavy (non-hydrogen) atoms. The molecule has 0 N–H and O–H groups in total. The van der Waals surface area contributed by atoms with E-state index in [1.807, 2.05) is 0 Å². The standard InChI is InChI=1S/C52H33N/c1-3-14-34(15-4-1)36-26-28-38(29-27-36)48-32-39(35-16-5-2-6-17-35)33-49(53-48)43-22-13-25-46-51(43)42-21-10-12-24-45(42)52(46)44-23-11-9-20-41(44)50-40-19-8-7-18-37(40)30-31-47(50)52/h1-33H. The lowest BCUT2D eigenvalue weighted by molar-refractivity contribution is 0.794. The van der Waals surface area contributed by atoms with Gasteiger partial charge in [0, 0.05) is 11.1 Å². The number of rotatable bonds is 4. The molecule has 0 radical (unpaired) electrons. The van der Waals surface area contributed by atoms with Gasteiger partial charge in [-0.3, -0.25) is 0 Å². The van der Waals surface area contributed by atoms with Crippen LogP contribution in [0, 0.1) is 0 Å². The van der Waals surface area contributed by atoms with Gasteiger partial charge in [0.1, 0.15) is 0 Å². The second-order valence-corrected chi connectivity index (χ2v) is 14.2. The molecular weight excluding hydrogens is 639 g/mol. The highest BCUT2D eigenvalue weighted by Gasteiger charge is 2.52. The summed E-state index contributed by atoms with van der Waals surface area (Å²) in [6.45, 7) is 0. The third-order valence-corrected chi connectivity index (χ3v) is 11.5. The maximum Gasteiger partial charge on any atom is 0.0725 e. The Labute approximate surface area is 309 Å². The van der Waals surface area contributed by atoms with Crippen molar-refractivity contribution in [2.75, 3.05) is 0 Å². The van der Waals surface area contributed by atoms with Gasteiger partial charge < -0.3 is 0 Å². The summed E-state index contributed by atoms with van der Waals surface area (Å²) in [5.74, 6) is 0. The summed E-state index contributed by atoms with van der Waals surface area (Å²) in [5.41, 5.74) is 19.0. The first-order valence-electron chi connectivity index (χ1n) is 18.4. The molecule has 0 saturated carbocycles. The lowest BCUT2D eigenvalue weighted by Crippen LogP contribution is -2.25. The third kappa shape index (κ3) is 4.35. The van der Waals surface area contributed by atoms with Crippen molar-refractivity contribution in [2.24, 2.45) is 0 Å². The van der Waals surface area contributed by atoms with Crippen molar-refractivity contribution in [1.82, 2.24) is 4.98 Å². The van der Waals surface area contributed by atoms with E-state index in [0.29, 0.717) is 0 Å². The summed E-state index contributed by atoms with van der Waals surface area (Å²) in [6.07, 6.45) is 0. The summed E-state index contributed by atoms with van der Waals surface area (Å²) in [6, 6.07) is 73.2. The monoisotopic (exact) mass is 671 g/mol. The van der Waals surface area contributed by atoms with Crippen LogP contribution in [0.4, 0.5) is 0 Å². The van der Waals surface area contributed by atoms with Crippen LogP contribution in [0.5, 0.6) is 0 Å². The SMILES string of the molecule is c1ccc(-c2ccc(-c3cc(-c4ccccc4)cc(-c4cccc5c4-c4ccccc4C54c5ccccc5-c5c4ccc4ccccc54)n3)cc2)cc1. The van der Waals surface area contributed by atoms with Crippen molar-refractivity contribution >= 4 is 10.8 Å². The third-order valence-electron chi connectivity index (χ3n) is 11.5. The number of aromatic nitrogens is 1. The van der Waals surface area contributed by atoms with Crippen LogP contribution in [0.25, 0.3) is 77.8 Å². The van der Waals surface area contributed by atoms with Gasteiger partial charge in [-0.15, -0.1) is 0 Å². The van der Waals surface area contributed by atoms with Gasteiger partial charge in [0.15, 0.2) is 0 Å². The lowest BCUT2D eigenvalue weighted by Gasteiger charge is -2.30. The predicted octanol–water partition coefficient (Wildman–Crippen LogP) is 13.2. The first-order chi connectivity index (χ1) is 26.3. The Kier molecular flexibility index (Phi) is 6.53. The van der Waals surface area contributed by atoms with E-state index in [9.17, 15) is 0 Å². The van der Waals surface area contributed by atoms with Crippen molar-refractivity contribution in [2.45, 2.75) is 5.41 Å². The van der Waals surface area contributed by atoms with Gasteiger partial charge in [-0.1, -0.05) is 188 Å². The van der Waals surface area contributed by atoms with Gasteiger partial charge in [0.05, 0.1) is 16.8 Å². The summed E-state index contributed by atoms with van der Waals surface area (Å²) < 4.78 is 0. The first-order valence-corrected chi connectivity index (χ1v) is 18.4. The molecule has 1 aromatic heterocycles. The highest BCUT2D eigenvalue weighted by Crippen LogP contribution is 2.64. The first kappa shape index (κ1) is 29.9. The smallest absolute Gasteiger partial charge is 0.0725 e. The summed E-state index contributed by atoms with van der Waals surface area (Å²) in [7, 11) is 0. The zero-order chi connectivity index (χ0) is 34.9. The van der Waals surface area contributed by atoms with Gasteiger partial charge in [-0.25, -0.2) is 4.98 Å². The molecule has 1 unspecified atom stereocenters. The Morgan fingerprint density at radius 3 is 1.55 bits per heavy atom. The Balaban J connectivity index is 1.17. The second kappa shape index (κ2) is 11.6. The summed E-state index contributed by atoms with van der Waals surface area (Å²) >= 11 is 0. The van der Waals surface area contributed by atoms with Crippen molar-refractivity contribution in [1.29, 1.82) is 0 Å². The largest absolute Gasteiger partial charge is 0.248 e. The fraction of sp³-hybridized carbons (Fsp3) is 0.0192. The molecule has 0 amide bonds. The van der Waals surface area contributed by atoms with Gasteiger partial charge in [0.2, 0.25) is 0 Å². The quantitative estimate of drug-likeness (QED) is 0.181. The van der Waals surface area contributed by atoms with E-state index in [4.69, 9.17) is 4.98 Å². The minimum Gasteiger partial charge on any atom is -0.248 e. The molecule has 1 nitrogen and oxygen atoms in total. The maximum absolute atomic E-state index is 5.50. The molecule has 11 rings (SSSR count).